The van der Waals surface area contributed by atoms with Gasteiger partial charge in [0.1, 0.15) is 11.3 Å². The second kappa shape index (κ2) is 9.14. The molecule has 3 aromatic heterocycles. The summed E-state index contributed by atoms with van der Waals surface area (Å²) in [4.78, 5) is 29.1. The van der Waals surface area contributed by atoms with E-state index in [0.29, 0.717) is 28.2 Å². The molecule has 36 heavy (non-hydrogen) atoms. The second-order valence-corrected chi connectivity index (χ2v) is 7.95. The van der Waals surface area contributed by atoms with E-state index in [9.17, 15) is 18.0 Å². The molecule has 1 amide bonds. The average molecular weight is 489 g/mol. The van der Waals surface area contributed by atoms with Gasteiger partial charge in [-0.1, -0.05) is 12.1 Å². The van der Waals surface area contributed by atoms with Crippen LogP contribution in [-0.2, 0) is 6.18 Å². The van der Waals surface area contributed by atoms with Crippen LogP contribution in [0, 0.1) is 6.92 Å². The van der Waals surface area contributed by atoms with Gasteiger partial charge in [-0.25, -0.2) is 4.98 Å². The van der Waals surface area contributed by atoms with Crippen LogP contribution in [0.3, 0.4) is 0 Å². The number of H-pyrrole nitrogens is 1. The summed E-state index contributed by atoms with van der Waals surface area (Å²) in [6.45, 7) is 1.80. The summed E-state index contributed by atoms with van der Waals surface area (Å²) in [5, 5.41) is 2.50. The van der Waals surface area contributed by atoms with Gasteiger partial charge >= 0.3 is 6.18 Å². The Balaban J connectivity index is 1.45. The minimum absolute atomic E-state index is 0.0304. The topological polar surface area (TPSA) is 92.8 Å². The number of nitrogens with zero attached hydrogens (tertiary/aromatic N) is 3. The highest BCUT2D eigenvalue weighted by molar-refractivity contribution is 6.04. The van der Waals surface area contributed by atoms with Crippen molar-refractivity contribution in [1.29, 1.82) is 0 Å². The molecule has 7 nitrogen and oxygen atoms in total. The number of hydrogen-bond donors (Lipinski definition) is 2. The lowest BCUT2D eigenvalue weighted by Gasteiger charge is -2.13. The molecule has 0 spiro atoms. The van der Waals surface area contributed by atoms with Crippen molar-refractivity contribution < 1.29 is 22.7 Å². The lowest BCUT2D eigenvalue weighted by Crippen LogP contribution is -2.13. The summed E-state index contributed by atoms with van der Waals surface area (Å²) in [5.41, 5.74) is 2.02. The summed E-state index contributed by atoms with van der Waals surface area (Å²) < 4.78 is 45.2. The van der Waals surface area contributed by atoms with Crippen molar-refractivity contribution in [3.8, 4) is 23.0 Å². The van der Waals surface area contributed by atoms with Crippen molar-refractivity contribution in [2.75, 3.05) is 5.32 Å². The SMILES string of the molecule is Cc1ccc(C(=O)Nc2cccc(C(F)(F)F)c2)cc1Oc1nc(-c2cccnc2)nc2cc[nH]c12. The predicted octanol–water partition coefficient (Wildman–Crippen LogP) is 6.39. The Hall–Kier alpha value is -4.73. The van der Waals surface area contributed by atoms with E-state index >= 15 is 0 Å². The number of aromatic amines is 1. The first-order valence-electron chi connectivity index (χ1n) is 10.8. The highest BCUT2D eigenvalue weighted by atomic mass is 19.4. The molecule has 0 aliphatic heterocycles. The van der Waals surface area contributed by atoms with E-state index < -0.39 is 17.6 Å². The highest BCUT2D eigenvalue weighted by Gasteiger charge is 2.30. The maximum atomic E-state index is 13.0. The number of amides is 1. The number of aromatic nitrogens is 4. The van der Waals surface area contributed by atoms with Crippen molar-refractivity contribution in [3.63, 3.8) is 0 Å². The second-order valence-electron chi connectivity index (χ2n) is 7.95. The number of aryl methyl sites for hydroxylation is 1. The molecule has 0 fully saturated rings. The number of anilines is 1. The van der Waals surface area contributed by atoms with Crippen molar-refractivity contribution >= 4 is 22.6 Å². The number of carbonyl (C=O) groups is 1. The van der Waals surface area contributed by atoms with Crippen molar-refractivity contribution in [2.45, 2.75) is 13.1 Å². The van der Waals surface area contributed by atoms with Crippen LogP contribution in [0.1, 0.15) is 21.5 Å². The van der Waals surface area contributed by atoms with E-state index in [2.05, 4.69) is 25.3 Å². The number of carbonyl (C=O) groups excluding carboxylic acids is 1. The van der Waals surface area contributed by atoms with Crippen molar-refractivity contribution in [1.82, 2.24) is 19.9 Å². The molecule has 3 heterocycles. The van der Waals surface area contributed by atoms with Crippen LogP contribution in [0.4, 0.5) is 18.9 Å². The summed E-state index contributed by atoms with van der Waals surface area (Å²) in [6.07, 6.45) is 0.489. The van der Waals surface area contributed by atoms with Crippen LogP contribution in [0.2, 0.25) is 0 Å². The Morgan fingerprint density at radius 1 is 1.03 bits per heavy atom. The number of benzene rings is 2. The Morgan fingerprint density at radius 3 is 2.67 bits per heavy atom. The quantitative estimate of drug-likeness (QED) is 0.298. The number of ether oxygens (including phenoxy) is 1. The minimum Gasteiger partial charge on any atom is -0.437 e. The van der Waals surface area contributed by atoms with Gasteiger partial charge in [-0.3, -0.25) is 9.78 Å². The molecule has 0 atom stereocenters. The molecule has 0 radical (unpaired) electrons. The van der Waals surface area contributed by atoms with Gasteiger partial charge in [0.15, 0.2) is 5.82 Å². The molecule has 5 rings (SSSR count). The van der Waals surface area contributed by atoms with E-state index in [-0.39, 0.29) is 17.1 Å². The van der Waals surface area contributed by atoms with Crippen LogP contribution < -0.4 is 10.1 Å². The average Bonchev–Trinajstić information content (AvgIpc) is 3.35. The standard InChI is InChI=1S/C26H18F3N5O2/c1-15-7-8-16(24(35)32-19-6-2-5-18(13-19)26(27,28)29)12-21(15)36-25-22-20(9-11-31-22)33-23(34-25)17-4-3-10-30-14-17/h2-14,31H,1H3,(H,32,35). The Bertz CT molecular complexity index is 1570. The molecule has 180 valence electrons. The molecule has 2 aromatic carbocycles. The zero-order chi connectivity index (χ0) is 25.3. The van der Waals surface area contributed by atoms with Gasteiger partial charge in [0, 0.05) is 35.4 Å². The molecule has 10 heteroatoms. The third kappa shape index (κ3) is 4.74. The molecule has 0 bridgehead atoms. The first-order valence-corrected chi connectivity index (χ1v) is 10.8. The van der Waals surface area contributed by atoms with E-state index in [1.165, 1.54) is 18.2 Å². The number of nitrogens with one attached hydrogen (secondary N) is 2. The monoisotopic (exact) mass is 489 g/mol. The van der Waals surface area contributed by atoms with Gasteiger partial charge in [0.05, 0.1) is 11.1 Å². The summed E-state index contributed by atoms with van der Waals surface area (Å²) in [6, 6.07) is 14.6. The third-order valence-electron chi connectivity index (χ3n) is 5.40. The maximum absolute atomic E-state index is 13.0. The molecule has 0 unspecified atom stereocenters. The molecule has 0 aliphatic carbocycles. The number of fused-ring (bicyclic) bond motifs is 1. The number of rotatable bonds is 5. The van der Waals surface area contributed by atoms with Crippen LogP contribution >= 0.6 is 0 Å². The fourth-order valence-electron chi connectivity index (χ4n) is 3.55. The normalized spacial score (nSPS) is 11.4. The summed E-state index contributed by atoms with van der Waals surface area (Å²) in [5.74, 6) is 0.449. The third-order valence-corrected chi connectivity index (χ3v) is 5.40. The number of pyridine rings is 1. The molecule has 0 aliphatic rings. The molecule has 2 N–H and O–H groups in total. The van der Waals surface area contributed by atoms with Crippen LogP contribution in [-0.4, -0.2) is 25.8 Å². The minimum atomic E-state index is -4.51. The number of hydrogen-bond acceptors (Lipinski definition) is 5. The smallest absolute Gasteiger partial charge is 0.416 e. The fourth-order valence-corrected chi connectivity index (χ4v) is 3.55. The van der Waals surface area contributed by atoms with E-state index in [1.54, 1.807) is 49.8 Å². The Morgan fingerprint density at radius 2 is 1.89 bits per heavy atom. The van der Waals surface area contributed by atoms with Crippen molar-refractivity contribution in [3.05, 3.63) is 95.9 Å². The lowest BCUT2D eigenvalue weighted by molar-refractivity contribution is -0.137. The summed E-state index contributed by atoms with van der Waals surface area (Å²) in [7, 11) is 0. The molecule has 0 saturated carbocycles. The van der Waals surface area contributed by atoms with Crippen LogP contribution in [0.15, 0.2) is 79.3 Å². The van der Waals surface area contributed by atoms with Gasteiger partial charge in [-0.2, -0.15) is 18.2 Å². The largest absolute Gasteiger partial charge is 0.437 e. The van der Waals surface area contributed by atoms with Gasteiger partial charge in [-0.05, 0) is 61.0 Å². The molecular formula is C26H18F3N5O2. The van der Waals surface area contributed by atoms with E-state index in [0.717, 1.165) is 17.7 Å². The van der Waals surface area contributed by atoms with Crippen LogP contribution in [0.25, 0.3) is 22.4 Å². The van der Waals surface area contributed by atoms with Gasteiger partial charge in [0.25, 0.3) is 5.91 Å². The first kappa shape index (κ1) is 23.0. The summed E-state index contributed by atoms with van der Waals surface area (Å²) >= 11 is 0. The van der Waals surface area contributed by atoms with Crippen molar-refractivity contribution in [2.24, 2.45) is 0 Å². The Labute approximate surface area is 203 Å². The van der Waals surface area contributed by atoms with E-state index in [1.807, 2.05) is 6.07 Å². The predicted molar refractivity (Wildman–Crippen MR) is 128 cm³/mol. The lowest BCUT2D eigenvalue weighted by atomic mass is 10.1. The van der Waals surface area contributed by atoms with Gasteiger partial charge in [-0.15, -0.1) is 0 Å². The van der Waals surface area contributed by atoms with E-state index in [4.69, 9.17) is 4.74 Å². The molecule has 5 aromatic rings. The van der Waals surface area contributed by atoms with Gasteiger partial charge in [0.2, 0.25) is 5.88 Å². The maximum Gasteiger partial charge on any atom is 0.416 e. The Kier molecular flexibility index (Phi) is 5.85. The molecule has 0 saturated heterocycles. The van der Waals surface area contributed by atoms with Crippen LogP contribution in [0.5, 0.6) is 11.6 Å². The number of halogens is 3. The zero-order valence-corrected chi connectivity index (χ0v) is 18.8. The zero-order valence-electron chi connectivity index (χ0n) is 18.8. The fraction of sp³-hybridized carbons (Fsp3) is 0.0769. The van der Waals surface area contributed by atoms with Gasteiger partial charge < -0.3 is 15.0 Å². The number of alkyl halides is 3. The highest BCUT2D eigenvalue weighted by Crippen LogP contribution is 2.33. The molecular weight excluding hydrogens is 471 g/mol. The first-order chi connectivity index (χ1) is 17.3.